The molecule has 0 saturated heterocycles. The Morgan fingerprint density at radius 3 is 2.78 bits per heavy atom. The van der Waals surface area contributed by atoms with E-state index in [0.717, 1.165) is 0 Å². The van der Waals surface area contributed by atoms with Crippen molar-refractivity contribution in [1.29, 1.82) is 0 Å². The molecule has 1 N–H and O–H groups in total. The molecule has 1 rings (SSSR count). The van der Waals surface area contributed by atoms with Crippen LogP contribution in [0.1, 0.15) is 5.56 Å². The number of rotatable bonds is 5. The number of hydrogen-bond acceptors (Lipinski definition) is 3. The summed E-state index contributed by atoms with van der Waals surface area (Å²) in [5.74, 6) is -0.394. The van der Waals surface area contributed by atoms with Crippen molar-refractivity contribution >= 4 is 29.3 Å². The van der Waals surface area contributed by atoms with Gasteiger partial charge in [-0.15, -0.1) is 0 Å². The molecule has 6 heteroatoms. The van der Waals surface area contributed by atoms with Crippen LogP contribution < -0.4 is 5.32 Å². The van der Waals surface area contributed by atoms with Gasteiger partial charge in [0.2, 0.25) is 5.91 Å². The number of carbonyl (C=O) groups excluding carboxylic acids is 1. The lowest BCUT2D eigenvalue weighted by atomic mass is 10.1. The van der Waals surface area contributed by atoms with E-state index in [0.29, 0.717) is 10.6 Å². The fraction of sp³-hybridized carbons (Fsp3) is 0.0833. The number of carbonyl (C=O) groups is 1. The Hall–Kier alpha value is -2.14. The van der Waals surface area contributed by atoms with Crippen molar-refractivity contribution in [2.45, 2.75) is 0 Å². The van der Waals surface area contributed by atoms with Gasteiger partial charge >= 0.3 is 0 Å². The van der Waals surface area contributed by atoms with E-state index in [2.05, 4.69) is 11.9 Å². The van der Waals surface area contributed by atoms with E-state index in [1.807, 2.05) is 0 Å². The Morgan fingerprint density at radius 2 is 2.17 bits per heavy atom. The molecule has 0 unspecified atom stereocenters. The molecule has 0 aromatic heterocycles. The zero-order valence-electron chi connectivity index (χ0n) is 9.43. The van der Waals surface area contributed by atoms with Crippen molar-refractivity contribution in [3.8, 4) is 0 Å². The first kappa shape index (κ1) is 13.9. The van der Waals surface area contributed by atoms with Gasteiger partial charge in [0.25, 0.3) is 5.69 Å². The summed E-state index contributed by atoms with van der Waals surface area (Å²) in [6.07, 6.45) is 2.59. The van der Waals surface area contributed by atoms with Crippen molar-refractivity contribution in [3.05, 3.63) is 57.6 Å². The number of hydrogen-bond donors (Lipinski definition) is 1. The highest BCUT2D eigenvalue weighted by atomic mass is 35.5. The molecule has 0 spiro atoms. The summed E-state index contributed by atoms with van der Waals surface area (Å²) in [6, 6.07) is 6.15. The third kappa shape index (κ3) is 4.39. The molecule has 1 aromatic rings. The Kier molecular flexibility index (Phi) is 5.07. The molecule has 0 fully saturated rings. The zero-order chi connectivity index (χ0) is 13.5. The van der Waals surface area contributed by atoms with Gasteiger partial charge in [-0.25, -0.2) is 0 Å². The van der Waals surface area contributed by atoms with Crippen LogP contribution in [0.3, 0.4) is 0 Å². The minimum Gasteiger partial charge on any atom is -0.348 e. The van der Waals surface area contributed by atoms with Crippen molar-refractivity contribution < 1.29 is 9.72 Å². The van der Waals surface area contributed by atoms with E-state index < -0.39 is 10.8 Å². The monoisotopic (exact) mass is 266 g/mol. The van der Waals surface area contributed by atoms with Crippen LogP contribution in [-0.4, -0.2) is 17.4 Å². The molecule has 5 nitrogen and oxygen atoms in total. The van der Waals surface area contributed by atoms with Crippen molar-refractivity contribution in [3.63, 3.8) is 0 Å². The first-order chi connectivity index (χ1) is 8.50. The molecule has 0 aliphatic heterocycles. The topological polar surface area (TPSA) is 72.2 Å². The SMILES string of the molecule is C=C(Cl)CNC(=O)/C=C/c1ccccc1[N+](=O)[O-]. The Morgan fingerprint density at radius 1 is 1.50 bits per heavy atom. The van der Waals surface area contributed by atoms with E-state index in [9.17, 15) is 14.9 Å². The summed E-state index contributed by atoms with van der Waals surface area (Å²) < 4.78 is 0. The molecule has 94 valence electrons. The smallest absolute Gasteiger partial charge is 0.276 e. The van der Waals surface area contributed by atoms with Gasteiger partial charge in [-0.2, -0.15) is 0 Å². The highest BCUT2D eigenvalue weighted by Gasteiger charge is 2.09. The average molecular weight is 267 g/mol. The number of halogens is 1. The lowest BCUT2D eigenvalue weighted by Crippen LogP contribution is -2.21. The summed E-state index contributed by atoms with van der Waals surface area (Å²) in [5, 5.41) is 13.5. The molecular weight excluding hydrogens is 256 g/mol. The first-order valence-electron chi connectivity index (χ1n) is 5.03. The standard InChI is InChI=1S/C12H11ClN2O3/c1-9(13)8-14-12(16)7-6-10-4-2-3-5-11(10)15(17)18/h2-7H,1,8H2,(H,14,16)/b7-6+. The molecule has 0 radical (unpaired) electrons. The van der Waals surface area contributed by atoms with E-state index >= 15 is 0 Å². The predicted molar refractivity (Wildman–Crippen MR) is 70.1 cm³/mol. The molecule has 0 bridgehead atoms. The van der Waals surface area contributed by atoms with Gasteiger partial charge in [0.15, 0.2) is 0 Å². The molecule has 0 aliphatic carbocycles. The molecular formula is C12H11ClN2O3. The van der Waals surface area contributed by atoms with Gasteiger partial charge in [-0.3, -0.25) is 14.9 Å². The molecule has 0 heterocycles. The normalized spacial score (nSPS) is 10.3. The maximum atomic E-state index is 11.3. The summed E-state index contributed by atoms with van der Waals surface area (Å²) >= 11 is 5.48. The molecule has 1 aromatic carbocycles. The van der Waals surface area contributed by atoms with Crippen LogP contribution in [0.2, 0.25) is 0 Å². The van der Waals surface area contributed by atoms with Crippen LogP contribution in [0.15, 0.2) is 42.0 Å². The molecule has 1 amide bonds. The van der Waals surface area contributed by atoms with Gasteiger partial charge in [0.1, 0.15) is 0 Å². The van der Waals surface area contributed by atoms with Crippen LogP contribution in [0.4, 0.5) is 5.69 Å². The third-order valence-electron chi connectivity index (χ3n) is 2.00. The van der Waals surface area contributed by atoms with E-state index in [1.165, 1.54) is 18.2 Å². The van der Waals surface area contributed by atoms with Crippen LogP contribution in [0.5, 0.6) is 0 Å². The quantitative estimate of drug-likeness (QED) is 0.505. The molecule has 0 atom stereocenters. The lowest BCUT2D eigenvalue weighted by Gasteiger charge is -1.99. The fourth-order valence-electron chi connectivity index (χ4n) is 1.20. The number of nitrogens with one attached hydrogen (secondary N) is 1. The highest BCUT2D eigenvalue weighted by molar-refractivity contribution is 6.29. The Balaban J connectivity index is 2.75. The Bertz CT molecular complexity index is 512. The summed E-state index contributed by atoms with van der Waals surface area (Å²) in [6.45, 7) is 3.57. The van der Waals surface area contributed by atoms with E-state index in [1.54, 1.807) is 18.2 Å². The van der Waals surface area contributed by atoms with Gasteiger partial charge < -0.3 is 5.32 Å². The van der Waals surface area contributed by atoms with Gasteiger partial charge in [-0.1, -0.05) is 30.3 Å². The van der Waals surface area contributed by atoms with Crippen LogP contribution in [-0.2, 0) is 4.79 Å². The predicted octanol–water partition coefficient (Wildman–Crippen LogP) is 2.48. The second-order valence-corrected chi connectivity index (χ2v) is 3.92. The summed E-state index contributed by atoms with van der Waals surface area (Å²) in [5.41, 5.74) is 0.311. The third-order valence-corrected chi connectivity index (χ3v) is 2.14. The van der Waals surface area contributed by atoms with E-state index in [4.69, 9.17) is 11.6 Å². The zero-order valence-corrected chi connectivity index (χ0v) is 10.2. The summed E-state index contributed by atoms with van der Waals surface area (Å²) in [4.78, 5) is 21.6. The van der Waals surface area contributed by atoms with Crippen molar-refractivity contribution in [1.82, 2.24) is 5.32 Å². The van der Waals surface area contributed by atoms with Crippen molar-refractivity contribution in [2.24, 2.45) is 0 Å². The number of para-hydroxylation sites is 1. The van der Waals surface area contributed by atoms with Crippen molar-refractivity contribution in [2.75, 3.05) is 6.54 Å². The number of nitro groups is 1. The summed E-state index contributed by atoms with van der Waals surface area (Å²) in [7, 11) is 0. The number of benzene rings is 1. The number of nitro benzene ring substituents is 1. The van der Waals surface area contributed by atoms with Crippen LogP contribution in [0.25, 0.3) is 6.08 Å². The maximum Gasteiger partial charge on any atom is 0.276 e. The lowest BCUT2D eigenvalue weighted by molar-refractivity contribution is -0.385. The van der Waals surface area contributed by atoms with Crippen LogP contribution >= 0.6 is 11.6 Å². The molecule has 18 heavy (non-hydrogen) atoms. The highest BCUT2D eigenvalue weighted by Crippen LogP contribution is 2.18. The second-order valence-electron chi connectivity index (χ2n) is 3.38. The average Bonchev–Trinajstić information content (AvgIpc) is 2.34. The maximum absolute atomic E-state index is 11.3. The first-order valence-corrected chi connectivity index (χ1v) is 5.41. The second kappa shape index (κ2) is 6.56. The van der Waals surface area contributed by atoms with E-state index in [-0.39, 0.29) is 12.2 Å². The minimum absolute atomic E-state index is 0.0525. The van der Waals surface area contributed by atoms with Gasteiger partial charge in [0.05, 0.1) is 17.0 Å². The fourth-order valence-corrected chi connectivity index (χ4v) is 1.27. The van der Waals surface area contributed by atoms with Gasteiger partial charge in [0, 0.05) is 17.2 Å². The molecule has 0 saturated carbocycles. The molecule has 0 aliphatic rings. The largest absolute Gasteiger partial charge is 0.348 e. The van der Waals surface area contributed by atoms with Crippen LogP contribution in [0, 0.1) is 10.1 Å². The minimum atomic E-state index is -0.502. The number of amides is 1. The Labute approximate surface area is 109 Å². The van der Waals surface area contributed by atoms with Gasteiger partial charge in [-0.05, 0) is 12.1 Å². The number of nitrogens with zero attached hydrogens (tertiary/aromatic N) is 1.